The van der Waals surface area contributed by atoms with Crippen LogP contribution >= 0.6 is 32.2 Å². The van der Waals surface area contributed by atoms with Crippen LogP contribution in [0, 0.1) is 27.7 Å². The molecule has 0 radical (unpaired) electrons. The van der Waals surface area contributed by atoms with E-state index in [0.29, 0.717) is 23.0 Å². The first-order valence-corrected chi connectivity index (χ1v) is 20.4. The highest BCUT2D eigenvalue weighted by atomic mass is 33.5. The van der Waals surface area contributed by atoms with Gasteiger partial charge in [0.05, 0.1) is 0 Å². The minimum atomic E-state index is -3.00. The normalized spacial score (nSPS) is 11.6. The van der Waals surface area contributed by atoms with Gasteiger partial charge in [-0.25, -0.2) is 0 Å². The molecule has 0 amide bonds. The summed E-state index contributed by atoms with van der Waals surface area (Å²) in [5.74, 6) is 2.52. The van der Waals surface area contributed by atoms with Gasteiger partial charge >= 0.3 is 11.4 Å². The Morgan fingerprint density at radius 1 is 0.395 bits per heavy atom. The quantitative estimate of drug-likeness (QED) is 0.121. The van der Waals surface area contributed by atoms with E-state index >= 15 is 0 Å². The first kappa shape index (κ1) is 29.1. The third kappa shape index (κ3) is 8.81. The number of aryl methyl sites for hydroxylation is 4. The lowest BCUT2D eigenvalue weighted by atomic mass is 10.2. The van der Waals surface area contributed by atoms with E-state index in [1.54, 1.807) is 0 Å². The minimum Gasteiger partial charge on any atom is -0.428 e. The van der Waals surface area contributed by atoms with E-state index in [2.05, 4.69) is 0 Å². The maximum atomic E-state index is 6.32. The zero-order valence-electron chi connectivity index (χ0n) is 21.4. The van der Waals surface area contributed by atoms with Crippen LogP contribution in [-0.2, 0) is 23.6 Å². The van der Waals surface area contributed by atoms with Crippen molar-refractivity contribution < 1.29 is 18.1 Å². The van der Waals surface area contributed by atoms with Crippen molar-refractivity contribution in [3.8, 4) is 23.0 Å². The summed E-state index contributed by atoms with van der Waals surface area (Å²) in [6, 6.07) is 30.9. The Bertz CT molecular complexity index is 1230. The van der Waals surface area contributed by atoms with Gasteiger partial charge in [-0.2, -0.15) is 0 Å². The Kier molecular flexibility index (Phi) is 9.91. The molecule has 198 valence electrons. The van der Waals surface area contributed by atoms with Crippen LogP contribution in [0.1, 0.15) is 22.3 Å². The SMILES string of the molecule is Cc1ccc(OP(=S)(Oc2ccc(C)cc2)SSP(=S)(Oc2ccc(C)cc2)Oc2ccc(C)cc2)cc1. The molecular weight excluding hydrogens is 591 g/mol. The average molecular weight is 619 g/mol. The Hall–Kier alpha value is -1.92. The lowest BCUT2D eigenvalue weighted by molar-refractivity contribution is 0.505. The Balaban J connectivity index is 1.62. The molecule has 4 aromatic carbocycles. The Morgan fingerprint density at radius 3 is 0.763 bits per heavy atom. The van der Waals surface area contributed by atoms with Crippen molar-refractivity contribution in [3.63, 3.8) is 0 Å². The number of hydrogen-bond donors (Lipinski definition) is 0. The van der Waals surface area contributed by atoms with Crippen molar-refractivity contribution in [2.75, 3.05) is 0 Å². The molecule has 4 aromatic rings. The molecule has 0 saturated carbocycles. The minimum absolute atomic E-state index is 0.631. The van der Waals surface area contributed by atoms with E-state index in [0.717, 1.165) is 22.3 Å². The van der Waals surface area contributed by atoms with Gasteiger partial charge in [-0.05, 0) is 76.2 Å². The van der Waals surface area contributed by atoms with Crippen LogP contribution in [0.4, 0.5) is 0 Å². The first-order valence-electron chi connectivity index (χ1n) is 11.7. The van der Waals surface area contributed by atoms with Gasteiger partial charge in [0.25, 0.3) is 0 Å². The lowest BCUT2D eigenvalue weighted by Crippen LogP contribution is -1.99. The number of rotatable bonds is 11. The molecule has 0 aromatic heterocycles. The highest BCUT2D eigenvalue weighted by molar-refractivity contribution is 9.18. The van der Waals surface area contributed by atoms with Crippen LogP contribution in [0.25, 0.3) is 0 Å². The van der Waals surface area contributed by atoms with Crippen molar-refractivity contribution in [2.45, 2.75) is 27.7 Å². The first-order chi connectivity index (χ1) is 18.1. The molecule has 0 atom stereocenters. The van der Waals surface area contributed by atoms with E-state index < -0.39 is 11.4 Å². The third-order valence-electron chi connectivity index (χ3n) is 5.17. The summed E-state index contributed by atoms with van der Waals surface area (Å²) in [6.07, 6.45) is 0. The Labute approximate surface area is 242 Å². The van der Waals surface area contributed by atoms with Crippen LogP contribution in [-0.4, -0.2) is 0 Å². The van der Waals surface area contributed by atoms with Crippen LogP contribution in [0.5, 0.6) is 23.0 Å². The topological polar surface area (TPSA) is 36.9 Å². The van der Waals surface area contributed by atoms with Crippen LogP contribution in [0.15, 0.2) is 97.1 Å². The van der Waals surface area contributed by atoms with Gasteiger partial charge in [0.1, 0.15) is 23.0 Å². The summed E-state index contributed by atoms with van der Waals surface area (Å²) in [5, 5.41) is 0. The fourth-order valence-corrected chi connectivity index (χ4v) is 19.3. The van der Waals surface area contributed by atoms with Gasteiger partial charge < -0.3 is 18.1 Å². The molecule has 0 bridgehead atoms. The van der Waals surface area contributed by atoms with Crippen molar-refractivity contribution in [3.05, 3.63) is 119 Å². The molecule has 10 heteroatoms. The van der Waals surface area contributed by atoms with Crippen molar-refractivity contribution in [1.29, 1.82) is 0 Å². The summed E-state index contributed by atoms with van der Waals surface area (Å²) in [6.45, 7) is 8.09. The summed E-state index contributed by atoms with van der Waals surface area (Å²) in [5.41, 5.74) is -1.50. The maximum Gasteiger partial charge on any atom is 0.359 e. The molecule has 0 spiro atoms. The van der Waals surface area contributed by atoms with Crippen molar-refractivity contribution in [2.24, 2.45) is 0 Å². The number of benzene rings is 4. The van der Waals surface area contributed by atoms with E-state index in [4.69, 9.17) is 41.7 Å². The van der Waals surface area contributed by atoms with Crippen LogP contribution in [0.2, 0.25) is 0 Å². The second-order valence-electron chi connectivity index (χ2n) is 8.66. The van der Waals surface area contributed by atoms with E-state index in [1.807, 2.05) is 125 Å². The zero-order valence-corrected chi connectivity index (χ0v) is 26.5. The maximum absolute atomic E-state index is 6.32. The zero-order chi connectivity index (χ0) is 27.2. The molecule has 0 saturated heterocycles. The van der Waals surface area contributed by atoms with E-state index in [9.17, 15) is 0 Å². The van der Waals surface area contributed by atoms with Crippen molar-refractivity contribution >= 4 is 55.8 Å². The smallest absolute Gasteiger partial charge is 0.359 e. The molecule has 0 N–H and O–H groups in total. The molecule has 0 fully saturated rings. The molecule has 0 aliphatic heterocycles. The van der Waals surface area contributed by atoms with Crippen LogP contribution in [0.3, 0.4) is 0 Å². The largest absolute Gasteiger partial charge is 0.428 e. The molecule has 0 unspecified atom stereocenters. The summed E-state index contributed by atoms with van der Waals surface area (Å²) in [7, 11) is 2.53. The lowest BCUT2D eigenvalue weighted by Gasteiger charge is -2.26. The molecule has 4 rings (SSSR count). The van der Waals surface area contributed by atoms with E-state index in [1.165, 1.54) is 20.8 Å². The standard InChI is InChI=1S/C28H28O4P2S4/c1-21-5-13-25(14-6-21)29-33(35,30-26-15-7-22(2)8-16-26)37-38-34(36,31-27-17-9-23(3)10-18-27)32-28-19-11-24(4)12-20-28/h5-20H,1-4H3. The molecule has 0 heterocycles. The van der Waals surface area contributed by atoms with Gasteiger partial charge in [0.2, 0.25) is 0 Å². The van der Waals surface area contributed by atoms with Crippen molar-refractivity contribution in [1.82, 2.24) is 0 Å². The second kappa shape index (κ2) is 13.0. The second-order valence-corrected chi connectivity index (χ2v) is 22.2. The van der Waals surface area contributed by atoms with Gasteiger partial charge in [-0.15, -0.1) is 0 Å². The molecule has 38 heavy (non-hydrogen) atoms. The predicted molar refractivity (Wildman–Crippen MR) is 171 cm³/mol. The monoisotopic (exact) mass is 618 g/mol. The average Bonchev–Trinajstić information content (AvgIpc) is 2.89. The van der Waals surface area contributed by atoms with E-state index in [-0.39, 0.29) is 0 Å². The molecular formula is C28H28O4P2S4. The Morgan fingerprint density at radius 2 is 0.579 bits per heavy atom. The van der Waals surface area contributed by atoms with Gasteiger partial charge in [0.15, 0.2) is 0 Å². The molecule has 4 nitrogen and oxygen atoms in total. The van der Waals surface area contributed by atoms with Gasteiger partial charge in [-0.1, -0.05) is 70.8 Å². The summed E-state index contributed by atoms with van der Waals surface area (Å²) in [4.78, 5) is 0. The fraction of sp³-hybridized carbons (Fsp3) is 0.143. The highest BCUT2D eigenvalue weighted by Gasteiger charge is 2.33. The number of hydrogen-bond acceptors (Lipinski definition) is 8. The molecule has 0 aliphatic rings. The summed E-state index contributed by atoms with van der Waals surface area (Å²) < 4.78 is 25.3. The predicted octanol–water partition coefficient (Wildman–Crippen LogP) is 10.4. The third-order valence-corrected chi connectivity index (χ3v) is 19.4. The molecule has 0 aliphatic carbocycles. The van der Waals surface area contributed by atoms with Crippen LogP contribution < -0.4 is 18.1 Å². The fourth-order valence-electron chi connectivity index (χ4n) is 3.09. The van der Waals surface area contributed by atoms with Gasteiger partial charge in [0, 0.05) is 44.4 Å². The van der Waals surface area contributed by atoms with Gasteiger partial charge in [-0.3, -0.25) is 0 Å². The highest BCUT2D eigenvalue weighted by Crippen LogP contribution is 2.75. The summed E-state index contributed by atoms with van der Waals surface area (Å²) >= 11 is 12.1.